The Morgan fingerprint density at radius 3 is 2.71 bits per heavy atom. The predicted molar refractivity (Wildman–Crippen MR) is 85.0 cm³/mol. The normalized spacial score (nSPS) is 12.2. The molecule has 6 heteroatoms. The zero-order valence-electron chi connectivity index (χ0n) is 12.4. The van der Waals surface area contributed by atoms with Gasteiger partial charge in [0.1, 0.15) is 0 Å². The summed E-state index contributed by atoms with van der Waals surface area (Å²) in [5.41, 5.74) is 1.07. The summed E-state index contributed by atoms with van der Waals surface area (Å²) in [5, 5.41) is 3.98. The van der Waals surface area contributed by atoms with Crippen LogP contribution in [0.2, 0.25) is 5.02 Å². The van der Waals surface area contributed by atoms with Gasteiger partial charge in [-0.15, -0.1) is 0 Å². The molecule has 0 spiro atoms. The van der Waals surface area contributed by atoms with Crippen molar-refractivity contribution in [1.82, 2.24) is 14.9 Å². The lowest BCUT2D eigenvalue weighted by atomic mass is 10.1. The van der Waals surface area contributed by atoms with Crippen molar-refractivity contribution in [3.05, 3.63) is 47.1 Å². The summed E-state index contributed by atoms with van der Waals surface area (Å²) in [6.07, 6.45) is 1.66. The fraction of sp³-hybridized carbons (Fsp3) is 0.333. The highest BCUT2D eigenvalue weighted by atomic mass is 35.5. The predicted octanol–water partition coefficient (Wildman–Crippen LogP) is 2.85. The molecule has 1 N–H and O–H groups in total. The zero-order chi connectivity index (χ0) is 15.2. The van der Waals surface area contributed by atoms with Crippen molar-refractivity contribution in [3.8, 4) is 5.88 Å². The van der Waals surface area contributed by atoms with Gasteiger partial charge in [0.25, 0.3) is 0 Å². The summed E-state index contributed by atoms with van der Waals surface area (Å²) in [5.74, 6) is 1.07. The maximum absolute atomic E-state index is 6.29. The van der Waals surface area contributed by atoms with Crippen LogP contribution in [0.25, 0.3) is 0 Å². The molecule has 2 aromatic rings. The van der Waals surface area contributed by atoms with E-state index >= 15 is 0 Å². The molecule has 0 aliphatic carbocycles. The number of benzene rings is 1. The molecule has 0 aliphatic heterocycles. The van der Waals surface area contributed by atoms with E-state index in [-0.39, 0.29) is 6.04 Å². The van der Waals surface area contributed by atoms with E-state index in [1.807, 2.05) is 38.4 Å². The summed E-state index contributed by atoms with van der Waals surface area (Å²) in [6.45, 7) is 0.643. The summed E-state index contributed by atoms with van der Waals surface area (Å²) in [7, 11) is 5.61. The topological polar surface area (TPSA) is 50.3 Å². The second-order valence-electron chi connectivity index (χ2n) is 4.80. The van der Waals surface area contributed by atoms with Crippen LogP contribution in [-0.4, -0.2) is 42.6 Å². The molecular weight excluding hydrogens is 288 g/mol. The van der Waals surface area contributed by atoms with Crippen molar-refractivity contribution in [2.75, 3.05) is 33.1 Å². The molecule has 1 heterocycles. The number of halogens is 1. The number of hydrogen-bond acceptors (Lipinski definition) is 5. The van der Waals surface area contributed by atoms with Gasteiger partial charge in [0.15, 0.2) is 0 Å². The minimum absolute atomic E-state index is 0.119. The van der Waals surface area contributed by atoms with Gasteiger partial charge in [-0.05, 0) is 25.7 Å². The molecule has 21 heavy (non-hydrogen) atoms. The van der Waals surface area contributed by atoms with Crippen molar-refractivity contribution in [2.24, 2.45) is 0 Å². The van der Waals surface area contributed by atoms with Crippen LogP contribution in [0.4, 0.5) is 5.95 Å². The van der Waals surface area contributed by atoms with Crippen LogP contribution in [-0.2, 0) is 0 Å². The van der Waals surface area contributed by atoms with E-state index in [1.54, 1.807) is 19.4 Å². The van der Waals surface area contributed by atoms with Gasteiger partial charge >= 0.3 is 0 Å². The van der Waals surface area contributed by atoms with Crippen LogP contribution in [0.1, 0.15) is 11.6 Å². The van der Waals surface area contributed by atoms with Crippen LogP contribution in [0, 0.1) is 0 Å². The largest absolute Gasteiger partial charge is 0.481 e. The molecule has 0 saturated heterocycles. The number of hydrogen-bond donors (Lipinski definition) is 1. The van der Waals surface area contributed by atoms with Crippen molar-refractivity contribution >= 4 is 17.5 Å². The monoisotopic (exact) mass is 306 g/mol. The average molecular weight is 307 g/mol. The number of nitrogens with one attached hydrogen (secondary N) is 1. The molecule has 2 rings (SSSR count). The fourth-order valence-electron chi connectivity index (χ4n) is 2.05. The van der Waals surface area contributed by atoms with Gasteiger partial charge in [-0.1, -0.05) is 29.8 Å². The molecular formula is C15H19ClN4O. The highest BCUT2D eigenvalue weighted by molar-refractivity contribution is 6.31. The lowest BCUT2D eigenvalue weighted by molar-refractivity contribution is 0.311. The molecule has 112 valence electrons. The first kappa shape index (κ1) is 15.5. The number of anilines is 1. The Bertz CT molecular complexity index is 591. The van der Waals surface area contributed by atoms with Gasteiger partial charge in [0.2, 0.25) is 11.8 Å². The van der Waals surface area contributed by atoms with E-state index in [2.05, 4.69) is 20.2 Å². The van der Waals surface area contributed by atoms with Gasteiger partial charge in [-0.2, -0.15) is 4.98 Å². The van der Waals surface area contributed by atoms with Crippen molar-refractivity contribution in [1.29, 1.82) is 0 Å². The van der Waals surface area contributed by atoms with Crippen LogP contribution >= 0.6 is 11.6 Å². The van der Waals surface area contributed by atoms with Crippen LogP contribution in [0.3, 0.4) is 0 Å². The molecule has 5 nitrogen and oxygen atoms in total. The molecule has 0 fully saturated rings. The number of aromatic nitrogens is 2. The molecule has 1 aromatic carbocycles. The number of nitrogens with zero attached hydrogens (tertiary/aromatic N) is 3. The van der Waals surface area contributed by atoms with E-state index in [1.165, 1.54) is 0 Å². The zero-order valence-corrected chi connectivity index (χ0v) is 13.1. The minimum atomic E-state index is 0.119. The summed E-state index contributed by atoms with van der Waals surface area (Å²) < 4.78 is 5.09. The lowest BCUT2D eigenvalue weighted by Gasteiger charge is -2.26. The van der Waals surface area contributed by atoms with Crippen LogP contribution in [0.15, 0.2) is 36.5 Å². The number of methoxy groups -OCH3 is 1. The molecule has 1 atom stereocenters. The molecule has 0 aliphatic rings. The highest BCUT2D eigenvalue weighted by Crippen LogP contribution is 2.26. The van der Waals surface area contributed by atoms with E-state index in [9.17, 15) is 0 Å². The van der Waals surface area contributed by atoms with Crippen LogP contribution < -0.4 is 10.1 Å². The fourth-order valence-corrected chi connectivity index (χ4v) is 2.31. The Hall–Kier alpha value is -1.85. The summed E-state index contributed by atoms with van der Waals surface area (Å²) in [6, 6.07) is 9.67. The first-order chi connectivity index (χ1) is 10.1. The second-order valence-corrected chi connectivity index (χ2v) is 5.21. The van der Waals surface area contributed by atoms with Crippen molar-refractivity contribution in [3.63, 3.8) is 0 Å². The number of rotatable bonds is 6. The van der Waals surface area contributed by atoms with Gasteiger partial charge < -0.3 is 15.0 Å². The van der Waals surface area contributed by atoms with E-state index in [0.29, 0.717) is 18.4 Å². The Kier molecular flexibility index (Phi) is 5.36. The minimum Gasteiger partial charge on any atom is -0.481 e. The molecule has 0 amide bonds. The van der Waals surface area contributed by atoms with Crippen molar-refractivity contribution in [2.45, 2.75) is 6.04 Å². The third-order valence-corrected chi connectivity index (χ3v) is 3.52. The van der Waals surface area contributed by atoms with E-state index < -0.39 is 0 Å². The van der Waals surface area contributed by atoms with Gasteiger partial charge in [0, 0.05) is 23.8 Å². The molecule has 1 aromatic heterocycles. The first-order valence-corrected chi connectivity index (χ1v) is 7.01. The third-order valence-electron chi connectivity index (χ3n) is 3.18. The lowest BCUT2D eigenvalue weighted by Crippen LogP contribution is -2.27. The maximum atomic E-state index is 6.29. The van der Waals surface area contributed by atoms with Crippen molar-refractivity contribution < 1.29 is 4.74 Å². The van der Waals surface area contributed by atoms with Gasteiger partial charge in [-0.3, -0.25) is 0 Å². The quantitative estimate of drug-likeness (QED) is 0.889. The standard InChI is InChI=1S/C15H19ClN4O/c1-20(2)13(11-6-4-5-7-12(11)16)10-18-15-17-9-8-14(19-15)21-3/h4-9,13H,10H2,1-3H3,(H,17,18,19)/t13-/m1/s1. The summed E-state index contributed by atoms with van der Waals surface area (Å²) in [4.78, 5) is 10.5. The highest BCUT2D eigenvalue weighted by Gasteiger charge is 2.17. The first-order valence-electron chi connectivity index (χ1n) is 6.63. The molecule has 0 unspecified atom stereocenters. The Balaban J connectivity index is 2.12. The molecule has 0 radical (unpaired) electrons. The van der Waals surface area contributed by atoms with E-state index in [0.717, 1.165) is 10.6 Å². The Morgan fingerprint density at radius 2 is 2.05 bits per heavy atom. The van der Waals surface area contributed by atoms with Gasteiger partial charge in [0.05, 0.1) is 13.2 Å². The SMILES string of the molecule is COc1ccnc(NC[C@H](c2ccccc2Cl)N(C)C)n1. The van der Waals surface area contributed by atoms with Gasteiger partial charge in [-0.25, -0.2) is 4.98 Å². The molecule has 0 saturated carbocycles. The third kappa shape index (κ3) is 4.06. The number of likely N-dealkylation sites (N-methyl/N-ethyl adjacent to an activating group) is 1. The van der Waals surface area contributed by atoms with Crippen LogP contribution in [0.5, 0.6) is 5.88 Å². The smallest absolute Gasteiger partial charge is 0.226 e. The Labute approximate surface area is 129 Å². The molecule has 0 bridgehead atoms. The second kappa shape index (κ2) is 7.24. The maximum Gasteiger partial charge on any atom is 0.226 e. The number of ether oxygens (including phenoxy) is 1. The summed E-state index contributed by atoms with van der Waals surface area (Å²) >= 11 is 6.29. The van der Waals surface area contributed by atoms with E-state index in [4.69, 9.17) is 16.3 Å². The Morgan fingerprint density at radius 1 is 1.29 bits per heavy atom. The average Bonchev–Trinajstić information content (AvgIpc) is 2.49.